The summed E-state index contributed by atoms with van der Waals surface area (Å²) in [7, 11) is 0. The Kier molecular flexibility index (Phi) is 5.86. The first-order valence-corrected chi connectivity index (χ1v) is 12.7. The van der Waals surface area contributed by atoms with Crippen LogP contribution >= 0.6 is 0 Å². The van der Waals surface area contributed by atoms with Gasteiger partial charge in [0.15, 0.2) is 0 Å². The topological polar surface area (TPSA) is 20.2 Å². The fourth-order valence-corrected chi connectivity index (χ4v) is 8.90. The van der Waals surface area contributed by atoms with Crippen LogP contribution in [0.2, 0.25) is 0 Å². The van der Waals surface area contributed by atoms with Crippen LogP contribution in [0, 0.1) is 46.3 Å². The lowest BCUT2D eigenvalue weighted by Gasteiger charge is -2.58. The highest BCUT2D eigenvalue weighted by atomic mass is 16.3. The van der Waals surface area contributed by atoms with Crippen molar-refractivity contribution in [3.63, 3.8) is 0 Å². The monoisotopic (exact) mass is 398 g/mol. The van der Waals surface area contributed by atoms with Gasteiger partial charge in [0.2, 0.25) is 0 Å². The Morgan fingerprint density at radius 3 is 2.59 bits per heavy atom. The van der Waals surface area contributed by atoms with Crippen LogP contribution in [0.3, 0.4) is 0 Å². The molecule has 8 atom stereocenters. The maximum atomic E-state index is 10.2. The zero-order chi connectivity index (χ0) is 21.0. The van der Waals surface area contributed by atoms with E-state index in [1.54, 1.807) is 11.1 Å². The van der Waals surface area contributed by atoms with E-state index in [1.165, 1.54) is 44.9 Å². The van der Waals surface area contributed by atoms with Gasteiger partial charge in [-0.1, -0.05) is 57.9 Å². The van der Waals surface area contributed by atoms with Crippen molar-refractivity contribution in [3.8, 4) is 0 Å². The Labute approximate surface area is 180 Å². The number of hydrogen-bond acceptors (Lipinski definition) is 1. The smallest absolute Gasteiger partial charge is 0.0577 e. The zero-order valence-corrected chi connectivity index (χ0v) is 20.0. The molecule has 0 spiro atoms. The highest BCUT2D eigenvalue weighted by Gasteiger charge is 2.59. The van der Waals surface area contributed by atoms with E-state index in [-0.39, 0.29) is 6.10 Å². The first-order valence-electron chi connectivity index (χ1n) is 12.7. The van der Waals surface area contributed by atoms with Gasteiger partial charge in [-0.3, -0.25) is 0 Å². The summed E-state index contributed by atoms with van der Waals surface area (Å²) in [6, 6.07) is 0. The molecule has 0 unspecified atom stereocenters. The van der Waals surface area contributed by atoms with E-state index in [1.807, 2.05) is 0 Å². The third-order valence-corrected chi connectivity index (χ3v) is 10.1. The fourth-order valence-electron chi connectivity index (χ4n) is 8.90. The molecule has 4 aliphatic carbocycles. The van der Waals surface area contributed by atoms with Crippen molar-refractivity contribution in [2.75, 3.05) is 0 Å². The van der Waals surface area contributed by atoms with Gasteiger partial charge in [0, 0.05) is 0 Å². The van der Waals surface area contributed by atoms with E-state index in [9.17, 15) is 5.11 Å². The van der Waals surface area contributed by atoms with Crippen LogP contribution in [-0.2, 0) is 0 Å². The van der Waals surface area contributed by atoms with Gasteiger partial charge in [0.1, 0.15) is 0 Å². The number of aliphatic hydroxyl groups is 1. The summed E-state index contributed by atoms with van der Waals surface area (Å²) in [5.41, 5.74) is 4.14. The summed E-state index contributed by atoms with van der Waals surface area (Å²) in [5.74, 6) is 5.06. The molecule has 164 valence electrons. The van der Waals surface area contributed by atoms with Crippen molar-refractivity contribution in [2.24, 2.45) is 46.3 Å². The van der Waals surface area contributed by atoms with Crippen molar-refractivity contribution in [3.05, 3.63) is 23.3 Å². The molecule has 3 fully saturated rings. The van der Waals surface area contributed by atoms with Crippen LogP contribution in [0.4, 0.5) is 0 Å². The SMILES string of the molecule is C/C(=C\C(C)C)C[C@@H](C)[C@H]1CC[C@H]2[C@@H]3CC=C4C[C@@H](O)CC[C@]4(C)[C@H]3CC[C@]12C. The average Bonchev–Trinajstić information content (AvgIpc) is 2.99. The molecule has 4 rings (SSSR count). The number of fused-ring (bicyclic) bond motifs is 5. The molecule has 4 aliphatic rings. The van der Waals surface area contributed by atoms with Gasteiger partial charge >= 0.3 is 0 Å². The Hall–Kier alpha value is -0.560. The zero-order valence-electron chi connectivity index (χ0n) is 20.0. The summed E-state index contributed by atoms with van der Waals surface area (Å²) >= 11 is 0. The molecule has 29 heavy (non-hydrogen) atoms. The number of rotatable bonds is 4. The van der Waals surface area contributed by atoms with Gasteiger partial charge in [-0.15, -0.1) is 0 Å². The first-order chi connectivity index (χ1) is 13.6. The molecule has 0 radical (unpaired) electrons. The second kappa shape index (κ2) is 7.85. The molecule has 1 heteroatoms. The molecule has 1 nitrogen and oxygen atoms in total. The van der Waals surface area contributed by atoms with Gasteiger partial charge < -0.3 is 5.11 Å². The van der Waals surface area contributed by atoms with E-state index >= 15 is 0 Å². The van der Waals surface area contributed by atoms with Gasteiger partial charge in [-0.25, -0.2) is 0 Å². The number of aliphatic hydroxyl groups excluding tert-OH is 1. The minimum absolute atomic E-state index is 0.0847. The molecule has 3 saturated carbocycles. The maximum Gasteiger partial charge on any atom is 0.0577 e. The highest BCUT2D eigenvalue weighted by Crippen LogP contribution is 2.67. The van der Waals surface area contributed by atoms with Crippen molar-refractivity contribution in [1.29, 1.82) is 0 Å². The average molecular weight is 399 g/mol. The minimum atomic E-state index is -0.0847. The van der Waals surface area contributed by atoms with Gasteiger partial charge in [-0.05, 0) is 111 Å². The van der Waals surface area contributed by atoms with Crippen molar-refractivity contribution in [1.82, 2.24) is 0 Å². The highest BCUT2D eigenvalue weighted by molar-refractivity contribution is 5.25. The van der Waals surface area contributed by atoms with Crippen LogP contribution in [0.5, 0.6) is 0 Å². The Balaban J connectivity index is 1.53. The molecule has 0 aromatic rings. The molecule has 0 aromatic carbocycles. The molecule has 0 amide bonds. The molecule has 0 aromatic heterocycles. The quantitative estimate of drug-likeness (QED) is 0.484. The van der Waals surface area contributed by atoms with Crippen molar-refractivity contribution < 1.29 is 5.11 Å². The van der Waals surface area contributed by atoms with Crippen LogP contribution in [-0.4, -0.2) is 11.2 Å². The van der Waals surface area contributed by atoms with Crippen LogP contribution in [0.25, 0.3) is 0 Å². The lowest BCUT2D eigenvalue weighted by Crippen LogP contribution is -2.50. The van der Waals surface area contributed by atoms with Gasteiger partial charge in [-0.2, -0.15) is 0 Å². The molecular formula is C28H46O. The van der Waals surface area contributed by atoms with E-state index in [0.717, 1.165) is 42.4 Å². The lowest BCUT2D eigenvalue weighted by molar-refractivity contribution is -0.0566. The second-order valence-corrected chi connectivity index (χ2v) is 12.3. The van der Waals surface area contributed by atoms with Gasteiger partial charge in [0.05, 0.1) is 6.10 Å². The summed E-state index contributed by atoms with van der Waals surface area (Å²) in [5, 5.41) is 10.2. The predicted molar refractivity (Wildman–Crippen MR) is 124 cm³/mol. The Morgan fingerprint density at radius 1 is 1.10 bits per heavy atom. The molecule has 0 aliphatic heterocycles. The van der Waals surface area contributed by atoms with Crippen molar-refractivity contribution >= 4 is 0 Å². The van der Waals surface area contributed by atoms with Crippen LogP contribution in [0.1, 0.15) is 99.3 Å². The van der Waals surface area contributed by atoms with Gasteiger partial charge in [0.25, 0.3) is 0 Å². The largest absolute Gasteiger partial charge is 0.393 e. The molecule has 0 bridgehead atoms. The third-order valence-electron chi connectivity index (χ3n) is 10.1. The Morgan fingerprint density at radius 2 is 1.86 bits per heavy atom. The lowest BCUT2D eigenvalue weighted by atomic mass is 9.47. The number of allylic oxidation sites excluding steroid dienone is 3. The summed E-state index contributed by atoms with van der Waals surface area (Å²) < 4.78 is 0. The summed E-state index contributed by atoms with van der Waals surface area (Å²) in [6.07, 6.45) is 16.5. The molecule has 0 saturated heterocycles. The third kappa shape index (κ3) is 3.68. The fraction of sp³-hybridized carbons (Fsp3) is 0.857. The van der Waals surface area contributed by atoms with E-state index in [2.05, 4.69) is 53.7 Å². The minimum Gasteiger partial charge on any atom is -0.393 e. The summed E-state index contributed by atoms with van der Waals surface area (Å²) in [4.78, 5) is 0. The number of hydrogen-bond donors (Lipinski definition) is 1. The maximum absolute atomic E-state index is 10.2. The predicted octanol–water partition coefficient (Wildman–Crippen LogP) is 7.55. The van der Waals surface area contributed by atoms with E-state index in [4.69, 9.17) is 0 Å². The molecule has 1 N–H and O–H groups in total. The molecular weight excluding hydrogens is 352 g/mol. The Bertz CT molecular complexity index is 672. The second-order valence-electron chi connectivity index (χ2n) is 12.3. The van der Waals surface area contributed by atoms with E-state index < -0.39 is 0 Å². The standard InChI is InChI=1S/C28H46O/c1-18(2)15-19(3)16-20(4)24-9-10-25-23-8-7-21-17-22(29)11-13-27(21,5)26(23)12-14-28(24,25)6/h7,15,18,20,22-26,29H,8-14,16-17H2,1-6H3/b19-15+/t20-,22+,23+,24-,25+,26+,27+,28-/m1/s1. The van der Waals surface area contributed by atoms with Crippen molar-refractivity contribution in [2.45, 2.75) is 105 Å². The first kappa shape index (κ1) is 21.7. The molecule has 0 heterocycles. The van der Waals surface area contributed by atoms with E-state index in [0.29, 0.717) is 16.7 Å². The summed E-state index contributed by atoms with van der Waals surface area (Å²) in [6.45, 7) is 14.7. The normalized spacial score (nSPS) is 46.0. The van der Waals surface area contributed by atoms with Crippen LogP contribution < -0.4 is 0 Å². The van der Waals surface area contributed by atoms with Crippen LogP contribution in [0.15, 0.2) is 23.3 Å².